The van der Waals surface area contributed by atoms with E-state index in [1.54, 1.807) is 0 Å². The van der Waals surface area contributed by atoms with E-state index in [2.05, 4.69) is 71.1 Å². The Morgan fingerprint density at radius 1 is 1.09 bits per heavy atom. The van der Waals surface area contributed by atoms with E-state index < -0.39 is 0 Å². The predicted molar refractivity (Wildman–Crippen MR) is 102 cm³/mol. The highest BCUT2D eigenvalue weighted by Crippen LogP contribution is 2.40. The standard InChI is InChI=1S/C22H32O/c1-7-8-10-17(2)11-9-12-18(3)13-14-21-19(4)15-20(23)16-22(21,5)6/h7-14,20,23H,15-16H2,1-6H3/b8-7+,11-9+,14-13+,17-10+,18-12+. The first-order valence-electron chi connectivity index (χ1n) is 8.47. The summed E-state index contributed by atoms with van der Waals surface area (Å²) in [7, 11) is 0. The average Bonchev–Trinajstić information content (AvgIpc) is 2.43. The summed E-state index contributed by atoms with van der Waals surface area (Å²) in [6.45, 7) is 12.8. The first kappa shape index (κ1) is 19.4. The van der Waals surface area contributed by atoms with Crippen LogP contribution in [-0.2, 0) is 0 Å². The van der Waals surface area contributed by atoms with Crippen LogP contribution < -0.4 is 0 Å². The molecule has 0 saturated heterocycles. The van der Waals surface area contributed by atoms with Crippen molar-refractivity contribution in [3.8, 4) is 0 Å². The molecule has 0 aromatic rings. The van der Waals surface area contributed by atoms with Gasteiger partial charge in [0.1, 0.15) is 0 Å². The molecule has 1 heteroatoms. The largest absolute Gasteiger partial charge is 0.393 e. The van der Waals surface area contributed by atoms with Crippen molar-refractivity contribution in [1.29, 1.82) is 0 Å². The highest BCUT2D eigenvalue weighted by Gasteiger charge is 2.31. The minimum Gasteiger partial charge on any atom is -0.393 e. The molecule has 1 atom stereocenters. The normalized spacial score (nSPS) is 23.7. The SMILES string of the molecule is C/C=C/C=C(C)/C=C/C=C(C)/C=C/C1=C(C)CC(O)CC1(C)C. The Morgan fingerprint density at radius 3 is 2.30 bits per heavy atom. The average molecular weight is 312 g/mol. The van der Waals surface area contributed by atoms with Gasteiger partial charge >= 0.3 is 0 Å². The van der Waals surface area contributed by atoms with Gasteiger partial charge < -0.3 is 5.11 Å². The molecule has 0 aromatic carbocycles. The third-order valence-corrected chi connectivity index (χ3v) is 4.26. The molecular formula is C22H32O. The Kier molecular flexibility index (Phi) is 7.51. The molecule has 1 aliphatic carbocycles. The fraction of sp³-hybridized carbons (Fsp3) is 0.455. The van der Waals surface area contributed by atoms with Gasteiger partial charge in [0.05, 0.1) is 6.10 Å². The van der Waals surface area contributed by atoms with E-state index in [-0.39, 0.29) is 11.5 Å². The highest BCUT2D eigenvalue weighted by atomic mass is 16.3. The minimum absolute atomic E-state index is 0.0418. The summed E-state index contributed by atoms with van der Waals surface area (Å²) in [5.74, 6) is 0. The van der Waals surface area contributed by atoms with Crippen molar-refractivity contribution in [3.05, 3.63) is 70.9 Å². The van der Waals surface area contributed by atoms with E-state index in [0.29, 0.717) is 0 Å². The number of aliphatic hydroxyl groups excluding tert-OH is 1. The Labute approximate surface area is 142 Å². The third-order valence-electron chi connectivity index (χ3n) is 4.26. The van der Waals surface area contributed by atoms with E-state index in [4.69, 9.17) is 0 Å². The van der Waals surface area contributed by atoms with Gasteiger partial charge in [0.2, 0.25) is 0 Å². The highest BCUT2D eigenvalue weighted by molar-refractivity contribution is 5.37. The summed E-state index contributed by atoms with van der Waals surface area (Å²) in [6, 6.07) is 0. The van der Waals surface area contributed by atoms with E-state index in [1.165, 1.54) is 22.3 Å². The molecule has 0 aliphatic heterocycles. The summed E-state index contributed by atoms with van der Waals surface area (Å²) in [6.07, 6.45) is 18.3. The van der Waals surface area contributed by atoms with Gasteiger partial charge in [-0.1, -0.05) is 79.2 Å². The molecule has 0 fully saturated rings. The van der Waals surface area contributed by atoms with Crippen LogP contribution in [0.1, 0.15) is 54.4 Å². The zero-order chi connectivity index (χ0) is 17.5. The molecular weight excluding hydrogens is 280 g/mol. The first-order valence-corrected chi connectivity index (χ1v) is 8.47. The van der Waals surface area contributed by atoms with Gasteiger partial charge in [0.25, 0.3) is 0 Å². The summed E-state index contributed by atoms with van der Waals surface area (Å²) in [5, 5.41) is 9.95. The molecule has 1 nitrogen and oxygen atoms in total. The molecule has 126 valence electrons. The van der Waals surface area contributed by atoms with Crippen LogP contribution in [0.2, 0.25) is 0 Å². The zero-order valence-electron chi connectivity index (χ0n) is 15.6. The van der Waals surface area contributed by atoms with Crippen LogP contribution in [0.5, 0.6) is 0 Å². The summed E-state index contributed by atoms with van der Waals surface area (Å²) < 4.78 is 0. The monoisotopic (exact) mass is 312 g/mol. The molecule has 0 radical (unpaired) electrons. The third kappa shape index (κ3) is 6.58. The molecule has 1 aliphatic rings. The van der Waals surface area contributed by atoms with E-state index in [1.807, 2.05) is 19.1 Å². The Morgan fingerprint density at radius 2 is 1.70 bits per heavy atom. The topological polar surface area (TPSA) is 20.2 Å². The van der Waals surface area contributed by atoms with Crippen molar-refractivity contribution in [3.63, 3.8) is 0 Å². The van der Waals surface area contributed by atoms with Crippen molar-refractivity contribution in [2.24, 2.45) is 5.41 Å². The Balaban J connectivity index is 2.82. The van der Waals surface area contributed by atoms with Crippen LogP contribution in [0, 0.1) is 5.41 Å². The van der Waals surface area contributed by atoms with Crippen LogP contribution in [-0.4, -0.2) is 11.2 Å². The second-order valence-corrected chi connectivity index (χ2v) is 7.18. The van der Waals surface area contributed by atoms with Gasteiger partial charge in [-0.25, -0.2) is 0 Å². The van der Waals surface area contributed by atoms with Gasteiger partial charge in [-0.2, -0.15) is 0 Å². The van der Waals surface area contributed by atoms with Crippen molar-refractivity contribution in [2.75, 3.05) is 0 Å². The lowest BCUT2D eigenvalue weighted by atomic mass is 9.71. The number of rotatable bonds is 5. The van der Waals surface area contributed by atoms with Gasteiger partial charge in [0, 0.05) is 0 Å². The predicted octanol–water partition coefficient (Wildman–Crippen LogP) is 6.06. The second-order valence-electron chi connectivity index (χ2n) is 7.18. The maximum atomic E-state index is 9.95. The fourth-order valence-corrected chi connectivity index (χ4v) is 3.11. The smallest absolute Gasteiger partial charge is 0.0585 e. The number of hydrogen-bond acceptors (Lipinski definition) is 1. The fourth-order valence-electron chi connectivity index (χ4n) is 3.11. The maximum absolute atomic E-state index is 9.95. The summed E-state index contributed by atoms with van der Waals surface area (Å²) in [4.78, 5) is 0. The molecule has 1 N–H and O–H groups in total. The molecule has 23 heavy (non-hydrogen) atoms. The number of allylic oxidation sites excluding steroid dienone is 11. The van der Waals surface area contributed by atoms with Crippen molar-refractivity contribution in [2.45, 2.75) is 60.5 Å². The summed E-state index contributed by atoms with van der Waals surface area (Å²) in [5.41, 5.74) is 5.17. The molecule has 1 rings (SSSR count). The lowest BCUT2D eigenvalue weighted by molar-refractivity contribution is 0.116. The van der Waals surface area contributed by atoms with Crippen LogP contribution in [0.4, 0.5) is 0 Å². The van der Waals surface area contributed by atoms with Crippen molar-refractivity contribution < 1.29 is 5.11 Å². The molecule has 0 spiro atoms. The number of hydrogen-bond donors (Lipinski definition) is 1. The lowest BCUT2D eigenvalue weighted by Gasteiger charge is -2.35. The Hall–Kier alpha value is -1.60. The van der Waals surface area contributed by atoms with Crippen LogP contribution in [0.25, 0.3) is 0 Å². The van der Waals surface area contributed by atoms with E-state index in [0.717, 1.165) is 12.8 Å². The van der Waals surface area contributed by atoms with Crippen LogP contribution in [0.15, 0.2) is 70.9 Å². The number of aliphatic hydroxyl groups is 1. The van der Waals surface area contributed by atoms with Gasteiger partial charge in [-0.3, -0.25) is 0 Å². The van der Waals surface area contributed by atoms with Gasteiger partial charge in [-0.15, -0.1) is 0 Å². The molecule has 0 heterocycles. The van der Waals surface area contributed by atoms with E-state index >= 15 is 0 Å². The van der Waals surface area contributed by atoms with Crippen molar-refractivity contribution in [1.82, 2.24) is 0 Å². The summed E-state index contributed by atoms with van der Waals surface area (Å²) >= 11 is 0. The zero-order valence-corrected chi connectivity index (χ0v) is 15.6. The molecule has 1 unspecified atom stereocenters. The van der Waals surface area contributed by atoms with E-state index in [9.17, 15) is 5.11 Å². The molecule has 0 bridgehead atoms. The van der Waals surface area contributed by atoms with Crippen molar-refractivity contribution >= 4 is 0 Å². The van der Waals surface area contributed by atoms with Gasteiger partial charge in [-0.05, 0) is 51.5 Å². The lowest BCUT2D eigenvalue weighted by Crippen LogP contribution is -2.28. The second kappa shape index (κ2) is 8.88. The van der Waals surface area contributed by atoms with Gasteiger partial charge in [0.15, 0.2) is 0 Å². The first-order chi connectivity index (χ1) is 10.8. The molecule has 0 amide bonds. The van der Waals surface area contributed by atoms with Crippen LogP contribution >= 0.6 is 0 Å². The molecule has 0 aromatic heterocycles. The maximum Gasteiger partial charge on any atom is 0.0585 e. The van der Waals surface area contributed by atoms with Crippen LogP contribution in [0.3, 0.4) is 0 Å². The quantitative estimate of drug-likeness (QED) is 0.611. The molecule has 0 saturated carbocycles. The Bertz CT molecular complexity index is 577. The minimum atomic E-state index is -0.200.